The van der Waals surface area contributed by atoms with Crippen LogP contribution in [0.5, 0.6) is 0 Å². The number of ether oxygens (including phenoxy) is 1. The maximum Gasteiger partial charge on any atom is 0.0669 e. The van der Waals surface area contributed by atoms with Gasteiger partial charge in [0.05, 0.1) is 6.10 Å². The number of rotatable bonds is 4. The Morgan fingerprint density at radius 3 is 2.82 bits per heavy atom. The van der Waals surface area contributed by atoms with Gasteiger partial charge >= 0.3 is 0 Å². The van der Waals surface area contributed by atoms with Gasteiger partial charge in [0.25, 0.3) is 0 Å². The minimum absolute atomic E-state index is 0.373. The van der Waals surface area contributed by atoms with Gasteiger partial charge in [0.15, 0.2) is 0 Å². The molecule has 1 N–H and O–H groups in total. The predicted octanol–water partition coefficient (Wildman–Crippen LogP) is 3.24. The summed E-state index contributed by atoms with van der Waals surface area (Å²) in [6, 6.07) is 9.07. The smallest absolute Gasteiger partial charge is 0.0669 e. The van der Waals surface area contributed by atoms with Crippen LogP contribution < -0.4 is 5.32 Å². The summed E-state index contributed by atoms with van der Waals surface area (Å²) in [4.78, 5) is 1.39. The van der Waals surface area contributed by atoms with Crippen molar-refractivity contribution in [2.45, 2.75) is 42.6 Å². The normalized spacial score (nSPS) is 26.1. The zero-order chi connectivity index (χ0) is 12.3. The van der Waals surface area contributed by atoms with Crippen LogP contribution >= 0.6 is 11.8 Å². The number of nitrogens with one attached hydrogen (secondary N) is 1. The van der Waals surface area contributed by atoms with Gasteiger partial charge in [-0.1, -0.05) is 18.2 Å². The van der Waals surface area contributed by atoms with E-state index >= 15 is 0 Å². The SMILES string of the molecule is CNC(C)c1ccccc1SC1CCOC1C. The molecular formula is C14H21NOS. The molecule has 0 aromatic heterocycles. The molecule has 0 aliphatic carbocycles. The highest BCUT2D eigenvalue weighted by Gasteiger charge is 2.26. The Kier molecular flexibility index (Phi) is 4.48. The van der Waals surface area contributed by atoms with E-state index in [9.17, 15) is 0 Å². The lowest BCUT2D eigenvalue weighted by Crippen LogP contribution is -2.16. The van der Waals surface area contributed by atoms with E-state index in [1.165, 1.54) is 10.5 Å². The molecule has 3 unspecified atom stereocenters. The monoisotopic (exact) mass is 251 g/mol. The molecule has 1 heterocycles. The van der Waals surface area contributed by atoms with E-state index in [0.29, 0.717) is 17.4 Å². The van der Waals surface area contributed by atoms with Gasteiger partial charge in [-0.3, -0.25) is 0 Å². The summed E-state index contributed by atoms with van der Waals surface area (Å²) in [5.41, 5.74) is 1.39. The zero-order valence-electron chi connectivity index (χ0n) is 10.8. The standard InChI is InChI=1S/C14H21NOS/c1-10(15-3)12-6-4-5-7-14(12)17-13-8-9-16-11(13)2/h4-7,10-11,13,15H,8-9H2,1-3H3. The third-order valence-corrected chi connectivity index (χ3v) is 4.95. The summed E-state index contributed by atoms with van der Waals surface area (Å²) < 4.78 is 5.63. The molecule has 1 aliphatic rings. The average Bonchev–Trinajstić information content (AvgIpc) is 2.75. The van der Waals surface area contributed by atoms with Gasteiger partial charge in [0, 0.05) is 22.8 Å². The zero-order valence-corrected chi connectivity index (χ0v) is 11.6. The Hall–Kier alpha value is -0.510. The van der Waals surface area contributed by atoms with Crippen molar-refractivity contribution < 1.29 is 4.74 Å². The topological polar surface area (TPSA) is 21.3 Å². The van der Waals surface area contributed by atoms with Crippen LogP contribution in [0, 0.1) is 0 Å². The Morgan fingerprint density at radius 2 is 2.18 bits per heavy atom. The first kappa shape index (κ1) is 12.9. The quantitative estimate of drug-likeness (QED) is 0.887. The van der Waals surface area contributed by atoms with Gasteiger partial charge in [-0.2, -0.15) is 0 Å². The highest BCUT2D eigenvalue weighted by atomic mass is 32.2. The number of hydrogen-bond donors (Lipinski definition) is 1. The lowest BCUT2D eigenvalue weighted by Gasteiger charge is -2.19. The molecule has 2 rings (SSSR count). The first-order chi connectivity index (χ1) is 8.22. The summed E-state index contributed by atoms with van der Waals surface area (Å²) in [6.07, 6.45) is 1.53. The molecule has 0 amide bonds. The lowest BCUT2D eigenvalue weighted by molar-refractivity contribution is 0.127. The largest absolute Gasteiger partial charge is 0.377 e. The molecule has 0 bridgehead atoms. The third-order valence-electron chi connectivity index (χ3n) is 3.40. The molecule has 1 fully saturated rings. The number of hydrogen-bond acceptors (Lipinski definition) is 3. The van der Waals surface area contributed by atoms with E-state index in [2.05, 4.69) is 43.4 Å². The summed E-state index contributed by atoms with van der Waals surface area (Å²) >= 11 is 1.96. The van der Waals surface area contributed by atoms with Crippen LogP contribution in [-0.2, 0) is 4.74 Å². The van der Waals surface area contributed by atoms with Crippen LogP contribution in [0.4, 0.5) is 0 Å². The van der Waals surface area contributed by atoms with Crippen molar-refractivity contribution in [3.05, 3.63) is 29.8 Å². The van der Waals surface area contributed by atoms with Crippen LogP contribution in [0.15, 0.2) is 29.2 Å². The molecule has 1 saturated heterocycles. The second-order valence-electron chi connectivity index (χ2n) is 4.57. The van der Waals surface area contributed by atoms with Gasteiger partial charge in [-0.05, 0) is 38.9 Å². The van der Waals surface area contributed by atoms with E-state index in [1.54, 1.807) is 0 Å². The van der Waals surface area contributed by atoms with Gasteiger partial charge < -0.3 is 10.1 Å². The molecule has 0 radical (unpaired) electrons. The summed E-state index contributed by atoms with van der Waals surface area (Å²) in [7, 11) is 2.01. The van der Waals surface area contributed by atoms with Gasteiger partial charge in [-0.25, -0.2) is 0 Å². The minimum atomic E-state index is 0.373. The fraction of sp³-hybridized carbons (Fsp3) is 0.571. The van der Waals surface area contributed by atoms with Gasteiger partial charge in [-0.15, -0.1) is 11.8 Å². The van der Waals surface area contributed by atoms with E-state index in [4.69, 9.17) is 4.74 Å². The first-order valence-corrected chi connectivity index (χ1v) is 7.14. The third kappa shape index (κ3) is 3.03. The van der Waals surface area contributed by atoms with Crippen molar-refractivity contribution in [1.29, 1.82) is 0 Å². The van der Waals surface area contributed by atoms with Crippen molar-refractivity contribution in [3.63, 3.8) is 0 Å². The van der Waals surface area contributed by atoms with Crippen LogP contribution in [0.3, 0.4) is 0 Å². The molecule has 3 heteroatoms. The van der Waals surface area contributed by atoms with Crippen molar-refractivity contribution in [1.82, 2.24) is 5.32 Å². The Balaban J connectivity index is 2.14. The van der Waals surface area contributed by atoms with Crippen LogP contribution in [0.2, 0.25) is 0 Å². The molecule has 0 saturated carbocycles. The molecule has 94 valence electrons. The van der Waals surface area contributed by atoms with E-state index < -0.39 is 0 Å². The molecular weight excluding hydrogens is 230 g/mol. The van der Waals surface area contributed by atoms with Gasteiger partial charge in [0.2, 0.25) is 0 Å². The molecule has 0 spiro atoms. The Morgan fingerprint density at radius 1 is 1.41 bits per heavy atom. The second-order valence-corrected chi connectivity index (χ2v) is 5.85. The van der Waals surface area contributed by atoms with E-state index in [1.807, 2.05) is 18.8 Å². The fourth-order valence-electron chi connectivity index (χ4n) is 2.13. The Labute approximate surface area is 108 Å². The highest BCUT2D eigenvalue weighted by molar-refractivity contribution is 8.00. The molecule has 3 atom stereocenters. The van der Waals surface area contributed by atoms with Crippen molar-refractivity contribution >= 4 is 11.8 Å². The van der Waals surface area contributed by atoms with Crippen LogP contribution in [0.25, 0.3) is 0 Å². The summed E-state index contributed by atoms with van der Waals surface area (Å²) in [5.74, 6) is 0. The minimum Gasteiger partial charge on any atom is -0.377 e. The molecule has 1 aromatic carbocycles. The maximum absolute atomic E-state index is 5.63. The summed E-state index contributed by atoms with van der Waals surface area (Å²) in [6.45, 7) is 5.28. The first-order valence-electron chi connectivity index (χ1n) is 6.27. The van der Waals surface area contributed by atoms with Crippen molar-refractivity contribution in [3.8, 4) is 0 Å². The van der Waals surface area contributed by atoms with Crippen molar-refractivity contribution in [2.75, 3.05) is 13.7 Å². The number of benzene rings is 1. The van der Waals surface area contributed by atoms with Crippen molar-refractivity contribution in [2.24, 2.45) is 0 Å². The van der Waals surface area contributed by atoms with Gasteiger partial charge in [0.1, 0.15) is 0 Å². The molecule has 17 heavy (non-hydrogen) atoms. The lowest BCUT2D eigenvalue weighted by atomic mass is 10.1. The Bertz CT molecular complexity index is 369. The molecule has 1 aliphatic heterocycles. The number of thioether (sulfide) groups is 1. The van der Waals surface area contributed by atoms with E-state index in [0.717, 1.165) is 13.0 Å². The highest BCUT2D eigenvalue weighted by Crippen LogP contribution is 2.36. The van der Waals surface area contributed by atoms with Crippen LogP contribution in [-0.4, -0.2) is 25.0 Å². The maximum atomic E-state index is 5.63. The summed E-state index contributed by atoms with van der Waals surface area (Å²) in [5, 5.41) is 3.91. The average molecular weight is 251 g/mol. The second kappa shape index (κ2) is 5.89. The molecule has 1 aromatic rings. The predicted molar refractivity (Wildman–Crippen MR) is 73.6 cm³/mol. The van der Waals surface area contributed by atoms with E-state index in [-0.39, 0.29) is 0 Å². The molecule has 2 nitrogen and oxygen atoms in total. The fourth-order valence-corrected chi connectivity index (χ4v) is 3.48. The van der Waals surface area contributed by atoms with Crippen LogP contribution in [0.1, 0.15) is 31.9 Å².